The summed E-state index contributed by atoms with van der Waals surface area (Å²) in [5, 5.41) is 3.84. The van der Waals surface area contributed by atoms with Gasteiger partial charge in [-0.05, 0) is 30.3 Å². The van der Waals surface area contributed by atoms with Gasteiger partial charge in [0.2, 0.25) is 4.74 Å². The van der Waals surface area contributed by atoms with Crippen molar-refractivity contribution in [2.75, 3.05) is 5.32 Å². The van der Waals surface area contributed by atoms with E-state index >= 15 is 0 Å². The summed E-state index contributed by atoms with van der Waals surface area (Å²) >= 11 is 6.74. The second kappa shape index (κ2) is 5.63. The second-order valence-electron chi connectivity index (χ2n) is 4.29. The summed E-state index contributed by atoms with van der Waals surface area (Å²) in [7, 11) is 0. The highest BCUT2D eigenvalue weighted by Crippen LogP contribution is 2.19. The molecular weight excluding hydrogens is 308 g/mol. The molecule has 0 saturated carbocycles. The van der Waals surface area contributed by atoms with E-state index in [0.29, 0.717) is 21.5 Å². The summed E-state index contributed by atoms with van der Waals surface area (Å²) in [5.74, 6) is -0.299. The van der Waals surface area contributed by atoms with Crippen LogP contribution in [0, 0.1) is 0 Å². The molecule has 0 aliphatic carbocycles. The first kappa shape index (κ1) is 13.7. The molecular formula is C15H9ClN2O2S. The molecule has 0 aliphatic heterocycles. The van der Waals surface area contributed by atoms with Crippen molar-refractivity contribution in [3.8, 4) is 0 Å². The van der Waals surface area contributed by atoms with E-state index < -0.39 is 0 Å². The number of rotatable bonds is 2. The monoisotopic (exact) mass is 316 g/mol. The van der Waals surface area contributed by atoms with Crippen LogP contribution in [0.4, 0.5) is 5.13 Å². The molecule has 4 nitrogen and oxygen atoms in total. The molecule has 0 radical (unpaired) electrons. The average Bonchev–Trinajstić information content (AvgIpc) is 2.49. The van der Waals surface area contributed by atoms with Crippen LogP contribution < -0.4 is 10.1 Å². The van der Waals surface area contributed by atoms with E-state index in [4.69, 9.17) is 11.6 Å². The topological polar surface area (TPSA) is 59.1 Å². The van der Waals surface area contributed by atoms with Crippen molar-refractivity contribution >= 4 is 44.9 Å². The third-order valence-corrected chi connectivity index (χ3v) is 3.87. The highest BCUT2D eigenvalue weighted by Gasteiger charge is 2.10. The van der Waals surface area contributed by atoms with Crippen LogP contribution in [0.5, 0.6) is 0 Å². The lowest BCUT2D eigenvalue weighted by Crippen LogP contribution is -2.13. The number of hydrogen-bond acceptors (Lipinski definition) is 4. The van der Waals surface area contributed by atoms with Gasteiger partial charge in [0.05, 0.1) is 10.9 Å². The normalized spacial score (nSPS) is 10.5. The van der Waals surface area contributed by atoms with E-state index in [0.717, 1.165) is 11.3 Å². The van der Waals surface area contributed by atoms with Gasteiger partial charge >= 0.3 is 0 Å². The van der Waals surface area contributed by atoms with Crippen molar-refractivity contribution in [1.82, 2.24) is 4.98 Å². The zero-order valence-electron chi connectivity index (χ0n) is 10.7. The molecule has 1 N–H and O–H groups in total. The van der Waals surface area contributed by atoms with Crippen molar-refractivity contribution in [1.29, 1.82) is 0 Å². The van der Waals surface area contributed by atoms with Crippen LogP contribution in [0.3, 0.4) is 0 Å². The number of carbonyl (C=O) groups is 1. The number of benzene rings is 2. The van der Waals surface area contributed by atoms with Gasteiger partial charge in [-0.25, -0.2) is 4.98 Å². The zero-order valence-corrected chi connectivity index (χ0v) is 12.2. The molecule has 6 heteroatoms. The SMILES string of the molecule is O=C(Nc1nc2ccc(Cl)cc2c(=O)s1)c1ccccc1. The summed E-state index contributed by atoms with van der Waals surface area (Å²) in [6.45, 7) is 0. The van der Waals surface area contributed by atoms with Crippen molar-refractivity contribution in [2.24, 2.45) is 0 Å². The first-order valence-corrected chi connectivity index (χ1v) is 7.30. The van der Waals surface area contributed by atoms with Gasteiger partial charge in [-0.1, -0.05) is 41.1 Å². The maximum Gasteiger partial charge on any atom is 0.257 e. The summed E-state index contributed by atoms with van der Waals surface area (Å²) in [4.78, 5) is 28.4. The Labute approximate surface area is 129 Å². The van der Waals surface area contributed by atoms with Gasteiger partial charge in [0.25, 0.3) is 5.91 Å². The molecule has 0 fully saturated rings. The molecule has 104 valence electrons. The summed E-state index contributed by atoms with van der Waals surface area (Å²) in [6.07, 6.45) is 0. The highest BCUT2D eigenvalue weighted by molar-refractivity contribution is 7.13. The van der Waals surface area contributed by atoms with E-state index in [1.165, 1.54) is 0 Å². The van der Waals surface area contributed by atoms with Gasteiger partial charge in [0, 0.05) is 10.6 Å². The number of hydrogen-bond donors (Lipinski definition) is 1. The first-order chi connectivity index (χ1) is 10.1. The molecule has 1 aromatic heterocycles. The maximum atomic E-state index is 12.0. The van der Waals surface area contributed by atoms with Gasteiger partial charge in [0.15, 0.2) is 5.13 Å². The number of anilines is 1. The number of carbonyl (C=O) groups excluding carboxylic acids is 1. The van der Waals surface area contributed by atoms with Crippen molar-refractivity contribution in [3.05, 3.63) is 68.7 Å². The van der Waals surface area contributed by atoms with Crippen LogP contribution in [0.25, 0.3) is 10.9 Å². The molecule has 0 aliphatic rings. The van der Waals surface area contributed by atoms with Crippen LogP contribution in [0.15, 0.2) is 53.3 Å². The number of nitrogens with one attached hydrogen (secondary N) is 1. The second-order valence-corrected chi connectivity index (χ2v) is 5.69. The number of fused-ring (bicyclic) bond motifs is 1. The molecule has 2 aromatic carbocycles. The molecule has 0 saturated heterocycles. The lowest BCUT2D eigenvalue weighted by atomic mass is 10.2. The summed E-state index contributed by atoms with van der Waals surface area (Å²) < 4.78 is -0.189. The van der Waals surface area contributed by atoms with Crippen LogP contribution >= 0.6 is 22.9 Å². The fraction of sp³-hybridized carbons (Fsp3) is 0. The highest BCUT2D eigenvalue weighted by atomic mass is 35.5. The third-order valence-electron chi connectivity index (χ3n) is 2.85. The van der Waals surface area contributed by atoms with E-state index in [9.17, 15) is 9.59 Å². The molecule has 3 rings (SSSR count). The fourth-order valence-electron chi connectivity index (χ4n) is 1.86. The fourth-order valence-corrected chi connectivity index (χ4v) is 2.77. The van der Waals surface area contributed by atoms with E-state index in [-0.39, 0.29) is 15.8 Å². The lowest BCUT2D eigenvalue weighted by molar-refractivity contribution is 0.102. The third kappa shape index (κ3) is 2.94. The van der Waals surface area contributed by atoms with Gasteiger partial charge in [-0.3, -0.25) is 14.9 Å². The quantitative estimate of drug-likeness (QED) is 0.786. The maximum absolute atomic E-state index is 12.0. The first-order valence-electron chi connectivity index (χ1n) is 6.10. The van der Waals surface area contributed by atoms with Crippen LogP contribution in [-0.4, -0.2) is 10.9 Å². The minimum atomic E-state index is -0.299. The Morgan fingerprint density at radius 2 is 1.90 bits per heavy atom. The minimum absolute atomic E-state index is 0.189. The Balaban J connectivity index is 1.97. The van der Waals surface area contributed by atoms with Crippen molar-refractivity contribution < 1.29 is 4.79 Å². The molecule has 21 heavy (non-hydrogen) atoms. The molecule has 0 atom stereocenters. The number of amides is 1. The zero-order chi connectivity index (χ0) is 14.8. The largest absolute Gasteiger partial charge is 0.298 e. The van der Waals surface area contributed by atoms with Gasteiger partial charge < -0.3 is 0 Å². The molecule has 1 amide bonds. The van der Waals surface area contributed by atoms with Gasteiger partial charge in [-0.2, -0.15) is 0 Å². The molecule has 0 unspecified atom stereocenters. The molecule has 0 bridgehead atoms. The lowest BCUT2D eigenvalue weighted by Gasteiger charge is -2.04. The summed E-state index contributed by atoms with van der Waals surface area (Å²) in [6, 6.07) is 13.6. The molecule has 0 spiro atoms. The minimum Gasteiger partial charge on any atom is -0.298 e. The van der Waals surface area contributed by atoms with E-state index in [1.54, 1.807) is 42.5 Å². The Morgan fingerprint density at radius 3 is 2.67 bits per heavy atom. The summed E-state index contributed by atoms with van der Waals surface area (Å²) in [5.41, 5.74) is 1.02. The van der Waals surface area contributed by atoms with Gasteiger partial charge in [0.1, 0.15) is 0 Å². The Bertz CT molecular complexity index is 878. The van der Waals surface area contributed by atoms with Crippen LogP contribution in [0.1, 0.15) is 10.4 Å². The predicted molar refractivity (Wildman–Crippen MR) is 85.3 cm³/mol. The van der Waals surface area contributed by atoms with Crippen molar-refractivity contribution in [2.45, 2.75) is 0 Å². The van der Waals surface area contributed by atoms with Gasteiger partial charge in [-0.15, -0.1) is 0 Å². The molecule has 1 heterocycles. The number of nitrogens with zero attached hydrogens (tertiary/aromatic N) is 1. The standard InChI is InChI=1S/C15H9ClN2O2S/c16-10-6-7-12-11(8-10)14(20)21-15(17-12)18-13(19)9-4-2-1-3-5-9/h1-8H,(H,17,18,19). The average molecular weight is 317 g/mol. The Kier molecular flexibility index (Phi) is 3.68. The smallest absolute Gasteiger partial charge is 0.257 e. The van der Waals surface area contributed by atoms with E-state index in [1.807, 2.05) is 6.07 Å². The van der Waals surface area contributed by atoms with E-state index in [2.05, 4.69) is 10.3 Å². The predicted octanol–water partition coefficient (Wildman–Crippen LogP) is 3.56. The molecule has 3 aromatic rings. The van der Waals surface area contributed by atoms with Crippen LogP contribution in [-0.2, 0) is 0 Å². The Hall–Kier alpha value is -2.24. The van der Waals surface area contributed by atoms with Crippen LogP contribution in [0.2, 0.25) is 5.02 Å². The number of halogens is 1. The Morgan fingerprint density at radius 1 is 1.14 bits per heavy atom. The van der Waals surface area contributed by atoms with Crippen molar-refractivity contribution in [3.63, 3.8) is 0 Å². The number of aromatic nitrogens is 1.